The standard InChI is InChI=1S/C16H21NO4/c18-10-9-11-1-7-14(8-2-11)17-15(19)12-3-5-13(6-4-12)16(20)21/h1-2,7-8,12-13,18H,3-6,9-10H2,(H,17,19)(H,20,21). The molecule has 0 aliphatic heterocycles. The first-order valence-electron chi connectivity index (χ1n) is 7.33. The van der Waals surface area contributed by atoms with Crippen LogP contribution in [0.15, 0.2) is 24.3 Å². The van der Waals surface area contributed by atoms with Crippen LogP contribution in [0.1, 0.15) is 31.2 Å². The Balaban J connectivity index is 1.85. The number of hydrogen-bond acceptors (Lipinski definition) is 3. The van der Waals surface area contributed by atoms with Gasteiger partial charge < -0.3 is 15.5 Å². The molecule has 0 unspecified atom stereocenters. The van der Waals surface area contributed by atoms with E-state index in [1.165, 1.54) is 0 Å². The fourth-order valence-electron chi connectivity index (χ4n) is 2.73. The maximum Gasteiger partial charge on any atom is 0.306 e. The van der Waals surface area contributed by atoms with Gasteiger partial charge in [-0.2, -0.15) is 0 Å². The Morgan fingerprint density at radius 3 is 2.14 bits per heavy atom. The third-order valence-electron chi connectivity index (χ3n) is 4.07. The van der Waals surface area contributed by atoms with Crippen molar-refractivity contribution in [1.82, 2.24) is 0 Å². The largest absolute Gasteiger partial charge is 0.481 e. The molecule has 1 aromatic carbocycles. The second-order valence-corrected chi connectivity index (χ2v) is 5.55. The van der Waals surface area contributed by atoms with E-state index in [1.54, 1.807) is 0 Å². The van der Waals surface area contributed by atoms with Crippen LogP contribution in [-0.2, 0) is 16.0 Å². The maximum absolute atomic E-state index is 12.2. The minimum atomic E-state index is -0.756. The lowest BCUT2D eigenvalue weighted by Gasteiger charge is -2.25. The molecule has 0 heterocycles. The summed E-state index contributed by atoms with van der Waals surface area (Å²) in [7, 11) is 0. The van der Waals surface area contributed by atoms with Gasteiger partial charge in [-0.3, -0.25) is 9.59 Å². The number of carbonyl (C=O) groups excluding carboxylic acids is 1. The molecule has 0 bridgehead atoms. The third kappa shape index (κ3) is 4.29. The van der Waals surface area contributed by atoms with Gasteiger partial charge in [0, 0.05) is 18.2 Å². The minimum Gasteiger partial charge on any atom is -0.481 e. The van der Waals surface area contributed by atoms with Crippen LogP contribution in [0.3, 0.4) is 0 Å². The lowest BCUT2D eigenvalue weighted by molar-refractivity contribution is -0.143. The van der Waals surface area contributed by atoms with Crippen LogP contribution in [0.25, 0.3) is 0 Å². The Labute approximate surface area is 124 Å². The van der Waals surface area contributed by atoms with Gasteiger partial charge in [-0.05, 0) is 49.8 Å². The number of nitrogens with one attached hydrogen (secondary N) is 1. The first-order valence-corrected chi connectivity index (χ1v) is 7.33. The van der Waals surface area contributed by atoms with Crippen LogP contribution in [0, 0.1) is 11.8 Å². The van der Waals surface area contributed by atoms with E-state index >= 15 is 0 Å². The number of aliphatic hydroxyl groups excluding tert-OH is 1. The predicted molar refractivity (Wildman–Crippen MR) is 78.9 cm³/mol. The highest BCUT2D eigenvalue weighted by atomic mass is 16.4. The lowest BCUT2D eigenvalue weighted by atomic mass is 9.81. The molecule has 1 aliphatic rings. The molecule has 0 aromatic heterocycles. The molecule has 1 aromatic rings. The average Bonchev–Trinajstić information content (AvgIpc) is 2.49. The summed E-state index contributed by atoms with van der Waals surface area (Å²) in [4.78, 5) is 23.0. The van der Waals surface area contributed by atoms with E-state index < -0.39 is 5.97 Å². The predicted octanol–water partition coefficient (Wildman–Crippen LogP) is 2.05. The van der Waals surface area contributed by atoms with E-state index in [4.69, 9.17) is 10.2 Å². The number of benzene rings is 1. The SMILES string of the molecule is O=C(O)C1CCC(C(=O)Nc2ccc(CCO)cc2)CC1. The molecule has 21 heavy (non-hydrogen) atoms. The molecule has 0 atom stereocenters. The molecule has 114 valence electrons. The molecule has 2 rings (SSSR count). The van der Waals surface area contributed by atoms with Crippen molar-refractivity contribution in [2.75, 3.05) is 11.9 Å². The van der Waals surface area contributed by atoms with Gasteiger partial charge in [-0.25, -0.2) is 0 Å². The summed E-state index contributed by atoms with van der Waals surface area (Å²) in [5.41, 5.74) is 1.76. The first kappa shape index (κ1) is 15.5. The number of carboxylic acid groups (broad SMARTS) is 1. The van der Waals surface area contributed by atoms with E-state index in [2.05, 4.69) is 5.32 Å². The number of amides is 1. The number of carboxylic acids is 1. The first-order chi connectivity index (χ1) is 10.1. The van der Waals surface area contributed by atoms with Crippen LogP contribution < -0.4 is 5.32 Å². The van der Waals surface area contributed by atoms with Crippen molar-refractivity contribution in [1.29, 1.82) is 0 Å². The molecule has 1 aliphatic carbocycles. The van der Waals surface area contributed by atoms with Gasteiger partial charge in [0.1, 0.15) is 0 Å². The second kappa shape index (κ2) is 7.22. The Bertz CT molecular complexity index is 490. The maximum atomic E-state index is 12.2. The average molecular weight is 291 g/mol. The van der Waals surface area contributed by atoms with Gasteiger partial charge in [0.25, 0.3) is 0 Å². The summed E-state index contributed by atoms with van der Waals surface area (Å²) in [5.74, 6) is -1.19. The molecule has 1 amide bonds. The van der Waals surface area contributed by atoms with Crippen molar-refractivity contribution in [3.8, 4) is 0 Å². The van der Waals surface area contributed by atoms with Gasteiger partial charge in [0.2, 0.25) is 5.91 Å². The van der Waals surface area contributed by atoms with Gasteiger partial charge >= 0.3 is 5.97 Å². The fourth-order valence-corrected chi connectivity index (χ4v) is 2.73. The van der Waals surface area contributed by atoms with Gasteiger partial charge in [0.15, 0.2) is 0 Å². The van der Waals surface area contributed by atoms with Crippen molar-refractivity contribution < 1.29 is 19.8 Å². The molecule has 1 saturated carbocycles. The van der Waals surface area contributed by atoms with Crippen LogP contribution in [0.4, 0.5) is 5.69 Å². The number of carbonyl (C=O) groups is 2. The lowest BCUT2D eigenvalue weighted by Crippen LogP contribution is -2.29. The number of hydrogen-bond donors (Lipinski definition) is 3. The molecular weight excluding hydrogens is 270 g/mol. The Morgan fingerprint density at radius 1 is 1.05 bits per heavy atom. The van der Waals surface area contributed by atoms with E-state index in [1.807, 2.05) is 24.3 Å². The molecule has 3 N–H and O–H groups in total. The molecule has 1 fully saturated rings. The zero-order valence-electron chi connectivity index (χ0n) is 11.9. The number of aliphatic hydroxyl groups is 1. The van der Waals surface area contributed by atoms with Crippen molar-refractivity contribution in [2.24, 2.45) is 11.8 Å². The molecule has 0 saturated heterocycles. The Morgan fingerprint density at radius 2 is 1.62 bits per heavy atom. The van der Waals surface area contributed by atoms with Gasteiger partial charge in [-0.15, -0.1) is 0 Å². The summed E-state index contributed by atoms with van der Waals surface area (Å²) < 4.78 is 0. The molecular formula is C16H21NO4. The second-order valence-electron chi connectivity index (χ2n) is 5.55. The van der Waals surface area contributed by atoms with Gasteiger partial charge in [0.05, 0.1) is 5.92 Å². The Hall–Kier alpha value is -1.88. The van der Waals surface area contributed by atoms with E-state index in [0.29, 0.717) is 32.1 Å². The highest BCUT2D eigenvalue weighted by Crippen LogP contribution is 2.29. The number of anilines is 1. The smallest absolute Gasteiger partial charge is 0.306 e. The zero-order valence-corrected chi connectivity index (χ0v) is 11.9. The highest BCUT2D eigenvalue weighted by Gasteiger charge is 2.29. The van der Waals surface area contributed by atoms with Crippen molar-refractivity contribution in [3.05, 3.63) is 29.8 Å². The monoisotopic (exact) mass is 291 g/mol. The third-order valence-corrected chi connectivity index (χ3v) is 4.07. The molecule has 5 nitrogen and oxygen atoms in total. The molecule has 0 spiro atoms. The van der Waals surface area contributed by atoms with Gasteiger partial charge in [-0.1, -0.05) is 12.1 Å². The topological polar surface area (TPSA) is 86.6 Å². The molecule has 5 heteroatoms. The summed E-state index contributed by atoms with van der Waals surface area (Å²) >= 11 is 0. The molecule has 0 radical (unpaired) electrons. The van der Waals surface area contributed by atoms with Crippen LogP contribution in [-0.4, -0.2) is 28.7 Å². The Kier molecular flexibility index (Phi) is 5.33. The highest BCUT2D eigenvalue weighted by molar-refractivity contribution is 5.92. The van der Waals surface area contributed by atoms with Crippen molar-refractivity contribution >= 4 is 17.6 Å². The van der Waals surface area contributed by atoms with Crippen molar-refractivity contribution in [2.45, 2.75) is 32.1 Å². The van der Waals surface area contributed by atoms with Crippen molar-refractivity contribution in [3.63, 3.8) is 0 Å². The summed E-state index contributed by atoms with van der Waals surface area (Å²) in [6, 6.07) is 7.41. The summed E-state index contributed by atoms with van der Waals surface area (Å²) in [5, 5.41) is 20.7. The number of rotatable bonds is 5. The quantitative estimate of drug-likeness (QED) is 0.775. The minimum absolute atomic E-state index is 0.0336. The van der Waals surface area contributed by atoms with E-state index in [0.717, 1.165) is 11.3 Å². The van der Waals surface area contributed by atoms with Crippen LogP contribution >= 0.6 is 0 Å². The van der Waals surface area contributed by atoms with E-state index in [-0.39, 0.29) is 24.3 Å². The van der Waals surface area contributed by atoms with Crippen LogP contribution in [0.5, 0.6) is 0 Å². The van der Waals surface area contributed by atoms with E-state index in [9.17, 15) is 9.59 Å². The fraction of sp³-hybridized carbons (Fsp3) is 0.500. The van der Waals surface area contributed by atoms with Crippen LogP contribution in [0.2, 0.25) is 0 Å². The number of aliphatic carboxylic acids is 1. The summed E-state index contributed by atoms with van der Waals surface area (Å²) in [6.45, 7) is 0.110. The normalized spacial score (nSPS) is 21.8. The zero-order chi connectivity index (χ0) is 15.2. The summed E-state index contributed by atoms with van der Waals surface area (Å²) in [6.07, 6.45) is 3.01.